The molecule has 4 aromatic carbocycles. The lowest BCUT2D eigenvalue weighted by Gasteiger charge is -2.27. The summed E-state index contributed by atoms with van der Waals surface area (Å²) < 4.78 is 127. The molecule has 2 aliphatic rings. The van der Waals surface area contributed by atoms with Gasteiger partial charge in [-0.15, -0.1) is 23.2 Å². The summed E-state index contributed by atoms with van der Waals surface area (Å²) in [6.45, 7) is 9.74. The van der Waals surface area contributed by atoms with Crippen LogP contribution in [0.1, 0.15) is 135 Å². The fraction of sp³-hybridized carbons (Fsp3) is 0.365. The number of para-hydroxylation sites is 2. The van der Waals surface area contributed by atoms with Crippen molar-refractivity contribution >= 4 is 86.7 Å². The van der Waals surface area contributed by atoms with Gasteiger partial charge in [0.15, 0.2) is 0 Å². The second-order valence-electron chi connectivity index (χ2n) is 24.9. The van der Waals surface area contributed by atoms with Crippen molar-refractivity contribution in [3.05, 3.63) is 177 Å². The number of ether oxygens (including phenoxy) is 2. The average Bonchev–Trinajstić information content (AvgIpc) is 1.59. The lowest BCUT2D eigenvalue weighted by molar-refractivity contribution is -0.147. The third kappa shape index (κ3) is 18.0. The molecule has 0 radical (unpaired) electrons. The Kier molecular flexibility index (Phi) is 26.2. The van der Waals surface area contributed by atoms with E-state index in [-0.39, 0.29) is 87.8 Å². The summed E-state index contributed by atoms with van der Waals surface area (Å²) in [4.78, 5) is 84.6. The van der Waals surface area contributed by atoms with Gasteiger partial charge in [-0.25, -0.2) is 42.9 Å². The zero-order valence-corrected chi connectivity index (χ0v) is 59.5. The van der Waals surface area contributed by atoms with Crippen molar-refractivity contribution in [1.29, 1.82) is 0 Å². The molecule has 33 heteroatoms. The number of benzene rings is 4. The van der Waals surface area contributed by atoms with Crippen LogP contribution in [0.3, 0.4) is 0 Å². The monoisotopic (exact) mass is 1530 g/mol. The lowest BCUT2D eigenvalue weighted by Crippen LogP contribution is -2.39. The molecule has 1 amide bonds. The number of alkyl halides is 8. The van der Waals surface area contributed by atoms with Gasteiger partial charge in [0.1, 0.15) is 36.9 Å². The number of fused-ring (bicyclic) bond motifs is 4. The van der Waals surface area contributed by atoms with Gasteiger partial charge in [-0.1, -0.05) is 71.5 Å². The Balaban J connectivity index is 0.000000237. The Morgan fingerprint density at radius 3 is 1.31 bits per heavy atom. The molecule has 0 fully saturated rings. The van der Waals surface area contributed by atoms with Gasteiger partial charge < -0.3 is 50.5 Å². The molecule has 12 rings (SSSR count). The highest BCUT2D eigenvalue weighted by Crippen LogP contribution is 2.44. The fourth-order valence-corrected chi connectivity index (χ4v) is 13.0. The van der Waals surface area contributed by atoms with E-state index in [1.807, 2.05) is 64.1 Å². The SMILES string of the molecule is C.CCc1cccc(CC)c1-n1nc2c(c1-c1c(F)cc(COC(=O)CC[C@H](N)C(=O)O)c3[nH]ccc13)CN(c1ncc(C(F)(F)F)cn1)CC2.CCc1cccc(CC)c1-n1nc2c(c1-c1c(F)cc(COC(=O)CC[C@H](NC(C)=O)C(=O)O)c3[nH]ccc13)CN(c1ncc(C(F)(F)F)cn1)CC2.ClCCl. The zero-order chi connectivity index (χ0) is 76.5. The molecule has 0 saturated carbocycles. The molecule has 10 aromatic rings. The summed E-state index contributed by atoms with van der Waals surface area (Å²) in [6.07, 6.45) is -0.200. The molecular weight excluding hydrogens is 1450 g/mol. The number of carboxylic acid groups (broad SMARTS) is 2. The smallest absolute Gasteiger partial charge is 0.419 e. The van der Waals surface area contributed by atoms with E-state index in [4.69, 9.17) is 53.7 Å². The molecule has 0 unspecified atom stereocenters. The van der Waals surface area contributed by atoms with Gasteiger partial charge in [-0.3, -0.25) is 19.2 Å². The maximum Gasteiger partial charge on any atom is 0.419 e. The number of hydrogen-bond donors (Lipinski definition) is 6. The van der Waals surface area contributed by atoms with Crippen LogP contribution in [-0.2, 0) is 111 Å². The van der Waals surface area contributed by atoms with Crippen LogP contribution in [0.4, 0.5) is 47.0 Å². The second kappa shape index (κ2) is 34.8. The highest BCUT2D eigenvalue weighted by molar-refractivity contribution is 6.40. The number of rotatable bonds is 23. The first kappa shape index (κ1) is 80.6. The number of nitrogens with two attached hydrogens (primary N) is 1. The van der Waals surface area contributed by atoms with Crippen molar-refractivity contribution in [2.75, 3.05) is 28.2 Å². The molecule has 23 nitrogen and oxygen atoms in total. The number of esters is 2. The third-order valence-electron chi connectivity index (χ3n) is 18.2. The van der Waals surface area contributed by atoms with Crippen LogP contribution in [0.15, 0.2) is 97.8 Å². The van der Waals surface area contributed by atoms with E-state index in [9.17, 15) is 55.4 Å². The van der Waals surface area contributed by atoms with Gasteiger partial charge in [0.2, 0.25) is 17.8 Å². The number of nitrogens with zero attached hydrogens (tertiary/aromatic N) is 10. The van der Waals surface area contributed by atoms with Gasteiger partial charge >= 0.3 is 36.2 Å². The number of aliphatic carboxylic acids is 2. The molecule has 568 valence electrons. The first-order chi connectivity index (χ1) is 50.6. The Morgan fingerprint density at radius 2 is 0.972 bits per heavy atom. The van der Waals surface area contributed by atoms with E-state index in [1.165, 1.54) is 19.1 Å². The van der Waals surface area contributed by atoms with Crippen molar-refractivity contribution in [2.24, 2.45) is 5.73 Å². The van der Waals surface area contributed by atoms with E-state index in [2.05, 4.69) is 35.2 Å². The number of carboxylic acids is 2. The quantitative estimate of drug-likeness (QED) is 0.0197. The number of aromatic amines is 2. The number of aromatic nitrogens is 10. The summed E-state index contributed by atoms with van der Waals surface area (Å²) in [7, 11) is 0. The van der Waals surface area contributed by atoms with Crippen LogP contribution in [0.2, 0.25) is 0 Å². The summed E-state index contributed by atoms with van der Waals surface area (Å²) in [5, 5.41) is 31.9. The first-order valence-electron chi connectivity index (χ1n) is 33.8. The van der Waals surface area contributed by atoms with Crippen LogP contribution in [0, 0.1) is 11.6 Å². The molecule has 0 spiro atoms. The van der Waals surface area contributed by atoms with Crippen molar-refractivity contribution in [3.63, 3.8) is 0 Å². The standard InChI is InChI=1S/C37H37F4N7O5.C35H35F4N7O4.CH2Cl2.CH4/c1-4-21-7-6-8-22(5-2)33(21)48-34(26-18-47(14-12-28(26)46-48)36-43-16-24(17-44-36)37(39,40)41)31-25-11-13-42-32(25)23(15-27(31)38)19-53-30(50)10-9-29(35(51)52)45-20(3)49;1-3-19-6-5-7-20(4-2)31(19)46-32(24-17-45(13-11-27(24)44-46)34-42-15-22(16-43-34)35(37,38)39)29-23-10-12-41-30(23)21(14-25(29)36)18-50-28(47)9-8-26(40)33(48)49;2-1-3;/h6-8,11,13,15-17,29,42H,4-5,9-10,12,14,18-19H2,1-3H3,(H,45,49)(H,51,52);5-7,10,12,14-16,26,41H,3-4,8-9,11,13,17-18,40H2,1-2H3,(H,48,49);1H2;1H4/t29-;26-;;/m00../s1. The van der Waals surface area contributed by atoms with Crippen molar-refractivity contribution < 1.29 is 78.8 Å². The Bertz CT molecular complexity index is 4830. The Labute approximate surface area is 618 Å². The van der Waals surface area contributed by atoms with E-state index in [0.29, 0.717) is 113 Å². The number of amides is 1. The minimum atomic E-state index is -4.59. The number of halogens is 10. The molecule has 6 aromatic heterocycles. The lowest BCUT2D eigenvalue weighted by atomic mass is 9.95. The van der Waals surface area contributed by atoms with Crippen molar-refractivity contribution in [3.8, 4) is 33.9 Å². The minimum absolute atomic E-state index is 0. The largest absolute Gasteiger partial charge is 0.480 e. The predicted molar refractivity (Wildman–Crippen MR) is 385 cm³/mol. The summed E-state index contributed by atoms with van der Waals surface area (Å²) in [6, 6.07) is 15.5. The van der Waals surface area contributed by atoms with Crippen LogP contribution >= 0.6 is 23.2 Å². The van der Waals surface area contributed by atoms with Crippen LogP contribution in [0.5, 0.6) is 0 Å². The number of aryl methyl sites for hydroxylation is 4. The van der Waals surface area contributed by atoms with E-state index < -0.39 is 77.0 Å². The van der Waals surface area contributed by atoms with Gasteiger partial charge in [-0.05, 0) is 85.0 Å². The van der Waals surface area contributed by atoms with Gasteiger partial charge in [0, 0.05) is 140 Å². The number of anilines is 2. The number of H-pyrrole nitrogens is 2. The molecule has 0 saturated heterocycles. The molecular formula is C74H78Cl2F8N14O9. The summed E-state index contributed by atoms with van der Waals surface area (Å²) in [5.41, 5.74) is 15.1. The summed E-state index contributed by atoms with van der Waals surface area (Å²) in [5.74, 6) is -5.49. The van der Waals surface area contributed by atoms with E-state index in [0.717, 1.165) is 64.1 Å². The molecule has 2 atom stereocenters. The maximum absolute atomic E-state index is 16.8. The maximum atomic E-state index is 16.8. The van der Waals surface area contributed by atoms with Gasteiger partial charge in [0.05, 0.1) is 61.6 Å². The third-order valence-corrected chi connectivity index (χ3v) is 18.2. The summed E-state index contributed by atoms with van der Waals surface area (Å²) >= 11 is 9.53. The number of carbonyl (C=O) groups excluding carboxylic acids is 3. The molecule has 2 aliphatic heterocycles. The van der Waals surface area contributed by atoms with Crippen LogP contribution in [-0.4, -0.2) is 120 Å². The van der Waals surface area contributed by atoms with Crippen molar-refractivity contribution in [1.82, 2.24) is 54.8 Å². The molecule has 0 bridgehead atoms. The van der Waals surface area contributed by atoms with Crippen molar-refractivity contribution in [2.45, 2.75) is 157 Å². The van der Waals surface area contributed by atoms with Gasteiger partial charge in [0.25, 0.3) is 0 Å². The van der Waals surface area contributed by atoms with Gasteiger partial charge in [-0.2, -0.15) is 36.5 Å². The highest BCUT2D eigenvalue weighted by atomic mass is 35.5. The molecule has 7 N–H and O–H groups in total. The normalized spacial score (nSPS) is 13.3. The van der Waals surface area contributed by atoms with E-state index >= 15 is 8.78 Å². The molecule has 0 aliphatic carbocycles. The Morgan fingerprint density at radius 1 is 0.598 bits per heavy atom. The number of nitrogens with one attached hydrogen (secondary N) is 3. The topological polar surface area (TPSA) is 308 Å². The zero-order valence-electron chi connectivity index (χ0n) is 58.0. The fourth-order valence-electron chi connectivity index (χ4n) is 13.0. The molecule has 8 heterocycles. The van der Waals surface area contributed by atoms with E-state index in [1.54, 1.807) is 43.7 Å². The Hall–Kier alpha value is -10.5. The van der Waals surface area contributed by atoms with Crippen LogP contribution < -0.4 is 20.9 Å². The van der Waals surface area contributed by atoms with Crippen LogP contribution in [0.25, 0.3) is 55.7 Å². The highest BCUT2D eigenvalue weighted by Gasteiger charge is 2.37. The number of hydrogen-bond acceptors (Lipinski definition) is 16. The number of carbonyl (C=O) groups is 5. The second-order valence-corrected chi connectivity index (χ2v) is 25.7. The molecule has 107 heavy (non-hydrogen) atoms. The predicted octanol–water partition coefficient (Wildman–Crippen LogP) is 14.0. The first-order valence-corrected chi connectivity index (χ1v) is 34.9. The minimum Gasteiger partial charge on any atom is -0.480 e. The average molecular weight is 1530 g/mol.